The molecular formula is C14H20FNO3. The standard InChI is InChI=1S/C14H20FNO3/c1-4-19-14(18)13(16-8-9(2)3)10-5-6-12(17)11(15)7-10/h5-7,9,13,16-17H,4,8H2,1-3H3. The van der Waals surface area contributed by atoms with Crippen LogP contribution in [0.5, 0.6) is 5.75 Å². The largest absolute Gasteiger partial charge is 0.505 e. The fraction of sp³-hybridized carbons (Fsp3) is 0.500. The summed E-state index contributed by atoms with van der Waals surface area (Å²) in [7, 11) is 0. The number of phenols is 1. The molecule has 0 aliphatic rings. The van der Waals surface area contributed by atoms with E-state index in [1.54, 1.807) is 6.92 Å². The van der Waals surface area contributed by atoms with Gasteiger partial charge in [-0.25, -0.2) is 9.18 Å². The second-order valence-electron chi connectivity index (χ2n) is 4.70. The first-order valence-electron chi connectivity index (χ1n) is 6.34. The van der Waals surface area contributed by atoms with Gasteiger partial charge >= 0.3 is 5.97 Å². The number of aromatic hydroxyl groups is 1. The van der Waals surface area contributed by atoms with Gasteiger partial charge in [-0.2, -0.15) is 0 Å². The lowest BCUT2D eigenvalue weighted by molar-refractivity contribution is -0.145. The number of hydrogen-bond acceptors (Lipinski definition) is 4. The van der Waals surface area contributed by atoms with Crippen LogP contribution in [0, 0.1) is 11.7 Å². The third-order valence-corrected chi connectivity index (χ3v) is 2.56. The van der Waals surface area contributed by atoms with E-state index in [1.807, 2.05) is 13.8 Å². The third-order valence-electron chi connectivity index (χ3n) is 2.56. The summed E-state index contributed by atoms with van der Waals surface area (Å²) in [6.45, 7) is 6.60. The number of phenolic OH excluding ortho intramolecular Hbond substituents is 1. The lowest BCUT2D eigenvalue weighted by atomic mass is 10.1. The zero-order valence-corrected chi connectivity index (χ0v) is 11.4. The smallest absolute Gasteiger partial charge is 0.327 e. The molecule has 4 nitrogen and oxygen atoms in total. The predicted octanol–water partition coefficient (Wildman–Crippen LogP) is 2.38. The van der Waals surface area contributed by atoms with Crippen LogP contribution in [0.4, 0.5) is 4.39 Å². The summed E-state index contributed by atoms with van der Waals surface area (Å²) in [5.74, 6) is -1.29. The van der Waals surface area contributed by atoms with Crippen LogP contribution in [0.2, 0.25) is 0 Å². The van der Waals surface area contributed by atoms with E-state index in [4.69, 9.17) is 4.74 Å². The van der Waals surface area contributed by atoms with Crippen LogP contribution in [0.25, 0.3) is 0 Å². The molecule has 0 heterocycles. The van der Waals surface area contributed by atoms with E-state index >= 15 is 0 Å². The van der Waals surface area contributed by atoms with Crippen molar-refractivity contribution < 1.29 is 19.0 Å². The van der Waals surface area contributed by atoms with Crippen LogP contribution < -0.4 is 5.32 Å². The normalized spacial score (nSPS) is 12.5. The average Bonchev–Trinajstić information content (AvgIpc) is 2.33. The minimum atomic E-state index is -0.752. The maximum Gasteiger partial charge on any atom is 0.327 e. The van der Waals surface area contributed by atoms with Gasteiger partial charge < -0.3 is 15.2 Å². The lowest BCUT2D eigenvalue weighted by Crippen LogP contribution is -2.32. The van der Waals surface area contributed by atoms with Crippen molar-refractivity contribution in [2.24, 2.45) is 5.92 Å². The van der Waals surface area contributed by atoms with E-state index < -0.39 is 23.6 Å². The first-order chi connectivity index (χ1) is 8.95. The summed E-state index contributed by atoms with van der Waals surface area (Å²) in [5, 5.41) is 12.2. The Labute approximate surface area is 112 Å². The minimum Gasteiger partial charge on any atom is -0.505 e. The van der Waals surface area contributed by atoms with Crippen molar-refractivity contribution in [1.29, 1.82) is 0 Å². The SMILES string of the molecule is CCOC(=O)C(NCC(C)C)c1ccc(O)c(F)c1. The van der Waals surface area contributed by atoms with Crippen LogP contribution in [-0.2, 0) is 9.53 Å². The number of benzene rings is 1. The maximum absolute atomic E-state index is 13.4. The molecule has 0 amide bonds. The quantitative estimate of drug-likeness (QED) is 0.778. The molecule has 1 rings (SSSR count). The van der Waals surface area contributed by atoms with Crippen molar-refractivity contribution in [3.05, 3.63) is 29.6 Å². The first-order valence-corrected chi connectivity index (χ1v) is 6.34. The van der Waals surface area contributed by atoms with E-state index in [2.05, 4.69) is 5.32 Å². The van der Waals surface area contributed by atoms with Gasteiger partial charge in [0.1, 0.15) is 6.04 Å². The van der Waals surface area contributed by atoms with Crippen LogP contribution in [0.1, 0.15) is 32.4 Å². The molecule has 1 aromatic carbocycles. The molecule has 0 saturated heterocycles. The molecule has 106 valence electrons. The van der Waals surface area contributed by atoms with Crippen molar-refractivity contribution in [2.45, 2.75) is 26.8 Å². The second kappa shape index (κ2) is 7.09. The van der Waals surface area contributed by atoms with Gasteiger partial charge in [0.15, 0.2) is 11.6 Å². The Balaban J connectivity index is 2.93. The van der Waals surface area contributed by atoms with E-state index in [0.717, 1.165) is 6.07 Å². The molecule has 1 atom stereocenters. The van der Waals surface area contributed by atoms with Gasteiger partial charge in [0.05, 0.1) is 6.61 Å². The Bertz CT molecular complexity index is 435. The number of rotatable bonds is 6. The zero-order valence-electron chi connectivity index (χ0n) is 11.4. The van der Waals surface area contributed by atoms with Crippen LogP contribution >= 0.6 is 0 Å². The van der Waals surface area contributed by atoms with Crippen LogP contribution in [-0.4, -0.2) is 24.2 Å². The number of ether oxygens (including phenoxy) is 1. The van der Waals surface area contributed by atoms with E-state index in [9.17, 15) is 14.3 Å². The molecule has 0 aromatic heterocycles. The van der Waals surface area contributed by atoms with Crippen LogP contribution in [0.3, 0.4) is 0 Å². The van der Waals surface area contributed by atoms with Crippen molar-refractivity contribution in [3.63, 3.8) is 0 Å². The number of hydrogen-bond donors (Lipinski definition) is 2. The molecule has 1 unspecified atom stereocenters. The molecule has 1 aromatic rings. The summed E-state index contributed by atoms with van der Waals surface area (Å²) in [6.07, 6.45) is 0. The van der Waals surface area contributed by atoms with Gasteiger partial charge in [-0.15, -0.1) is 0 Å². The molecule has 0 radical (unpaired) electrons. The molecule has 2 N–H and O–H groups in total. The third kappa shape index (κ3) is 4.52. The Morgan fingerprint density at radius 2 is 2.16 bits per heavy atom. The second-order valence-corrected chi connectivity index (χ2v) is 4.70. The fourth-order valence-corrected chi connectivity index (χ4v) is 1.62. The minimum absolute atomic E-state index is 0.263. The Morgan fingerprint density at radius 1 is 1.47 bits per heavy atom. The molecule has 0 aliphatic heterocycles. The summed E-state index contributed by atoms with van der Waals surface area (Å²) in [5.41, 5.74) is 0.439. The van der Waals surface area contributed by atoms with Crippen molar-refractivity contribution in [2.75, 3.05) is 13.2 Å². The zero-order chi connectivity index (χ0) is 14.4. The van der Waals surface area contributed by atoms with Gasteiger partial charge in [-0.1, -0.05) is 19.9 Å². The highest BCUT2D eigenvalue weighted by Gasteiger charge is 2.22. The van der Waals surface area contributed by atoms with Crippen LogP contribution in [0.15, 0.2) is 18.2 Å². The number of esters is 1. The first kappa shape index (κ1) is 15.4. The summed E-state index contributed by atoms with van der Waals surface area (Å²) < 4.78 is 18.3. The molecule has 0 saturated carbocycles. The number of carbonyl (C=O) groups is 1. The monoisotopic (exact) mass is 269 g/mol. The summed E-state index contributed by atoms with van der Waals surface area (Å²) in [4.78, 5) is 11.9. The number of carbonyl (C=O) groups excluding carboxylic acids is 1. The van der Waals surface area contributed by atoms with Crippen molar-refractivity contribution >= 4 is 5.97 Å². The molecule has 0 spiro atoms. The molecule has 0 fully saturated rings. The summed E-state index contributed by atoms with van der Waals surface area (Å²) >= 11 is 0. The van der Waals surface area contributed by atoms with E-state index in [-0.39, 0.29) is 6.61 Å². The molecule has 0 bridgehead atoms. The molecule has 0 aliphatic carbocycles. The van der Waals surface area contributed by atoms with Crippen molar-refractivity contribution in [1.82, 2.24) is 5.32 Å². The summed E-state index contributed by atoms with van der Waals surface area (Å²) in [6, 6.07) is 3.16. The number of halogens is 1. The van der Waals surface area contributed by atoms with Gasteiger partial charge in [-0.3, -0.25) is 0 Å². The van der Waals surface area contributed by atoms with Gasteiger partial charge in [-0.05, 0) is 37.1 Å². The Hall–Kier alpha value is -1.62. The van der Waals surface area contributed by atoms with Crippen molar-refractivity contribution in [3.8, 4) is 5.75 Å². The van der Waals surface area contributed by atoms with E-state index in [0.29, 0.717) is 18.0 Å². The fourth-order valence-electron chi connectivity index (χ4n) is 1.62. The highest BCUT2D eigenvalue weighted by atomic mass is 19.1. The van der Waals surface area contributed by atoms with Gasteiger partial charge in [0.25, 0.3) is 0 Å². The lowest BCUT2D eigenvalue weighted by Gasteiger charge is -2.19. The topological polar surface area (TPSA) is 58.6 Å². The highest BCUT2D eigenvalue weighted by molar-refractivity contribution is 5.77. The Morgan fingerprint density at radius 3 is 2.68 bits per heavy atom. The average molecular weight is 269 g/mol. The maximum atomic E-state index is 13.4. The van der Waals surface area contributed by atoms with Gasteiger partial charge in [0, 0.05) is 0 Å². The predicted molar refractivity (Wildman–Crippen MR) is 70.3 cm³/mol. The highest BCUT2D eigenvalue weighted by Crippen LogP contribution is 2.22. The molecule has 5 heteroatoms. The van der Waals surface area contributed by atoms with Gasteiger partial charge in [0.2, 0.25) is 0 Å². The molecular weight excluding hydrogens is 249 g/mol. The van der Waals surface area contributed by atoms with E-state index in [1.165, 1.54) is 12.1 Å². The molecule has 19 heavy (non-hydrogen) atoms. The number of nitrogens with one attached hydrogen (secondary N) is 1. The Kier molecular flexibility index (Phi) is 5.76.